The van der Waals surface area contributed by atoms with Crippen LogP contribution in [0.2, 0.25) is 0 Å². The molecule has 0 rings (SSSR count). The second-order valence-corrected chi connectivity index (χ2v) is 2.49. The second-order valence-electron chi connectivity index (χ2n) is 2.49. The van der Waals surface area contributed by atoms with Crippen LogP contribution in [0.25, 0.3) is 0 Å². The molecule has 0 heterocycles. The van der Waals surface area contributed by atoms with Gasteiger partial charge in [-0.1, -0.05) is 13.8 Å². The van der Waals surface area contributed by atoms with E-state index in [1.165, 1.54) is 0 Å². The molecule has 0 amide bonds. The van der Waals surface area contributed by atoms with Gasteiger partial charge in [-0.25, -0.2) is 0 Å². The van der Waals surface area contributed by atoms with Gasteiger partial charge in [-0.3, -0.25) is 0 Å². The van der Waals surface area contributed by atoms with Crippen molar-refractivity contribution in [1.29, 1.82) is 0 Å². The monoisotopic (exact) mass is 269 g/mol. The van der Waals surface area contributed by atoms with Crippen molar-refractivity contribution in [2.75, 3.05) is 0 Å². The summed E-state index contributed by atoms with van der Waals surface area (Å²) >= 11 is 0. The molecule has 0 aromatic rings. The number of carboxylic acids is 2. The molecule has 7 heteroatoms. The molecule has 0 bridgehead atoms. The van der Waals surface area contributed by atoms with E-state index in [9.17, 15) is 19.8 Å². The van der Waals surface area contributed by atoms with Crippen molar-refractivity contribution in [3.8, 4) is 0 Å². The van der Waals surface area contributed by atoms with Crippen molar-refractivity contribution in [3.05, 3.63) is 0 Å². The summed E-state index contributed by atoms with van der Waals surface area (Å²) in [5, 5.41) is 35.7. The molecule has 0 aliphatic heterocycles. The normalized spacial score (nSPS) is 12.5. The van der Waals surface area contributed by atoms with E-state index < -0.39 is 24.1 Å². The average Bonchev–Trinajstić information content (AvgIpc) is 2.15. The van der Waals surface area contributed by atoms with Crippen molar-refractivity contribution in [2.45, 2.75) is 38.9 Å². The van der Waals surface area contributed by atoms with Crippen molar-refractivity contribution in [2.24, 2.45) is 0 Å². The smallest absolute Gasteiger partial charge is 0.547 e. The molecular formula is C8H14CuO6. The van der Waals surface area contributed by atoms with E-state index >= 15 is 0 Å². The number of carbonyl (C=O) groups is 2. The maximum absolute atomic E-state index is 9.57. The molecular weight excluding hydrogens is 256 g/mol. The fourth-order valence-electron chi connectivity index (χ4n) is 0.333. The quantitative estimate of drug-likeness (QED) is 0.525. The number of rotatable bonds is 4. The van der Waals surface area contributed by atoms with Gasteiger partial charge in [-0.05, 0) is 12.8 Å². The minimum atomic E-state index is -1.40. The maximum atomic E-state index is 9.57. The zero-order valence-electron chi connectivity index (χ0n) is 8.40. The van der Waals surface area contributed by atoms with Crippen LogP contribution in [0.1, 0.15) is 26.7 Å². The predicted octanol–water partition coefficient (Wildman–Crippen LogP) is -2.99. The largest absolute Gasteiger partial charge is 2.00 e. The minimum absolute atomic E-state index is 0. The van der Waals surface area contributed by atoms with Crippen molar-refractivity contribution >= 4 is 11.9 Å². The first kappa shape index (κ1) is 19.9. The van der Waals surface area contributed by atoms with Gasteiger partial charge in [0.1, 0.15) is 0 Å². The van der Waals surface area contributed by atoms with Crippen LogP contribution in [-0.4, -0.2) is 34.4 Å². The van der Waals surface area contributed by atoms with Gasteiger partial charge in [0.15, 0.2) is 0 Å². The molecule has 0 aliphatic carbocycles. The summed E-state index contributed by atoms with van der Waals surface area (Å²) in [6.07, 6.45) is -2.16. The van der Waals surface area contributed by atoms with Crippen LogP contribution in [0, 0.1) is 0 Å². The van der Waals surface area contributed by atoms with Crippen LogP contribution in [0.3, 0.4) is 0 Å². The Balaban J connectivity index is -0.000000180. The molecule has 2 atom stereocenters. The van der Waals surface area contributed by atoms with E-state index in [-0.39, 0.29) is 29.9 Å². The van der Waals surface area contributed by atoms with E-state index in [1.807, 2.05) is 0 Å². The first-order valence-corrected chi connectivity index (χ1v) is 4.14. The van der Waals surface area contributed by atoms with Gasteiger partial charge >= 0.3 is 17.1 Å². The van der Waals surface area contributed by atoms with E-state index in [4.69, 9.17) is 10.2 Å². The number of aliphatic carboxylic acids is 2. The number of hydrogen-bond acceptors (Lipinski definition) is 6. The zero-order valence-corrected chi connectivity index (χ0v) is 9.34. The summed E-state index contributed by atoms with van der Waals surface area (Å²) in [5.74, 6) is -2.80. The zero-order chi connectivity index (χ0) is 11.7. The van der Waals surface area contributed by atoms with Gasteiger partial charge in [0, 0.05) is 0 Å². The fraction of sp³-hybridized carbons (Fsp3) is 0.750. The Hall–Kier alpha value is -0.621. The fourth-order valence-corrected chi connectivity index (χ4v) is 0.333. The van der Waals surface area contributed by atoms with Crippen molar-refractivity contribution in [1.82, 2.24) is 0 Å². The SMILES string of the molecule is CCC(O)C(=O)[O-].CCC(O)C(=O)[O-].[Cu+2]. The van der Waals surface area contributed by atoms with Crippen LogP contribution >= 0.6 is 0 Å². The molecule has 0 saturated heterocycles. The molecule has 2 N–H and O–H groups in total. The van der Waals surface area contributed by atoms with Crippen molar-refractivity contribution < 1.29 is 47.1 Å². The molecule has 0 spiro atoms. The third kappa shape index (κ3) is 13.4. The summed E-state index contributed by atoms with van der Waals surface area (Å²) in [5.41, 5.74) is 0. The van der Waals surface area contributed by atoms with Gasteiger partial charge in [-0.2, -0.15) is 0 Å². The molecule has 2 unspecified atom stereocenters. The van der Waals surface area contributed by atoms with Crippen LogP contribution in [0.15, 0.2) is 0 Å². The molecule has 1 radical (unpaired) electrons. The number of hydrogen-bond donors (Lipinski definition) is 2. The van der Waals surface area contributed by atoms with E-state index in [2.05, 4.69) is 0 Å². The summed E-state index contributed by atoms with van der Waals surface area (Å²) < 4.78 is 0. The maximum Gasteiger partial charge on any atom is 2.00 e. The molecule has 0 aromatic heterocycles. The standard InChI is InChI=1S/2C4H8O3.Cu/c2*1-2-3(5)4(6)7;/h2*3,5H,2H2,1H3,(H,6,7);/q;;+2/p-2. The van der Waals surface area contributed by atoms with Crippen LogP contribution < -0.4 is 10.2 Å². The van der Waals surface area contributed by atoms with Gasteiger partial charge in [0.2, 0.25) is 0 Å². The Bertz CT molecular complexity index is 164. The topological polar surface area (TPSA) is 121 Å². The Morgan fingerprint density at radius 3 is 1.20 bits per heavy atom. The van der Waals surface area contributed by atoms with Crippen LogP contribution in [0.4, 0.5) is 0 Å². The number of aliphatic hydroxyl groups excluding tert-OH is 2. The Morgan fingerprint density at radius 1 is 1.00 bits per heavy atom. The van der Waals surface area contributed by atoms with Gasteiger partial charge in [0.25, 0.3) is 0 Å². The predicted molar refractivity (Wildman–Crippen MR) is 42.6 cm³/mol. The first-order chi connectivity index (χ1) is 6.36. The number of carbonyl (C=O) groups excluding carboxylic acids is 2. The molecule has 6 nitrogen and oxygen atoms in total. The number of aliphatic hydroxyl groups is 2. The third-order valence-corrected chi connectivity index (χ3v) is 1.32. The van der Waals surface area contributed by atoms with Gasteiger partial charge in [-0.15, -0.1) is 0 Å². The van der Waals surface area contributed by atoms with Gasteiger partial charge < -0.3 is 30.0 Å². The van der Waals surface area contributed by atoms with E-state index in [1.54, 1.807) is 13.8 Å². The summed E-state index contributed by atoms with van der Waals surface area (Å²) in [6, 6.07) is 0. The van der Waals surface area contributed by atoms with Crippen LogP contribution in [-0.2, 0) is 26.7 Å². The molecule has 93 valence electrons. The molecule has 0 aliphatic rings. The van der Waals surface area contributed by atoms with Crippen LogP contribution in [0.5, 0.6) is 0 Å². The third-order valence-electron chi connectivity index (χ3n) is 1.32. The molecule has 0 saturated carbocycles. The average molecular weight is 270 g/mol. The van der Waals surface area contributed by atoms with Crippen molar-refractivity contribution in [3.63, 3.8) is 0 Å². The Kier molecular flexibility index (Phi) is 15.2. The Labute approximate surface area is 98.4 Å². The summed E-state index contributed by atoms with van der Waals surface area (Å²) in [4.78, 5) is 19.1. The summed E-state index contributed by atoms with van der Waals surface area (Å²) in [7, 11) is 0. The second kappa shape index (κ2) is 11.5. The summed E-state index contributed by atoms with van der Waals surface area (Å²) in [6.45, 7) is 3.14. The minimum Gasteiger partial charge on any atom is -0.547 e. The van der Waals surface area contributed by atoms with E-state index in [0.717, 1.165) is 0 Å². The first-order valence-electron chi connectivity index (χ1n) is 4.14. The van der Waals surface area contributed by atoms with E-state index in [0.29, 0.717) is 0 Å². The molecule has 15 heavy (non-hydrogen) atoms. The molecule has 0 fully saturated rings. The molecule has 0 aromatic carbocycles. The number of carboxylic acid groups (broad SMARTS) is 2. The van der Waals surface area contributed by atoms with Gasteiger partial charge in [0.05, 0.1) is 24.1 Å². The Morgan fingerprint density at radius 2 is 1.20 bits per heavy atom.